The van der Waals surface area contributed by atoms with Gasteiger partial charge in [-0.15, -0.1) is 4.91 Å². The van der Waals surface area contributed by atoms with Gasteiger partial charge in [0.05, 0.1) is 0 Å². The molecular formula is C6H5ClN2O2. The Morgan fingerprint density at radius 3 is 3.00 bits per heavy atom. The van der Waals surface area contributed by atoms with Gasteiger partial charge in [0.2, 0.25) is 0 Å². The molecule has 1 heterocycles. The first-order valence-corrected chi connectivity index (χ1v) is 3.34. The maximum Gasteiger partial charge on any atom is 0.332 e. The molecule has 0 aromatic rings. The van der Waals surface area contributed by atoms with Crippen molar-refractivity contribution in [1.29, 1.82) is 0 Å². The molecule has 4 nitrogen and oxygen atoms in total. The molecule has 1 rings (SSSR count). The number of nitroso groups, excluding NO2 is 1. The highest BCUT2D eigenvalue weighted by atomic mass is 35.5. The average molecular weight is 173 g/mol. The van der Waals surface area contributed by atoms with Crippen LogP contribution in [0.5, 0.6) is 0 Å². The molecule has 1 unspecified atom stereocenters. The van der Waals surface area contributed by atoms with Crippen LogP contribution < -0.4 is 5.32 Å². The smallest absolute Gasteiger partial charge is 0.332 e. The largest absolute Gasteiger partial charge is 0.361 e. The van der Waals surface area contributed by atoms with Gasteiger partial charge in [-0.2, -0.15) is 0 Å². The van der Waals surface area contributed by atoms with Crippen molar-refractivity contribution in [2.75, 3.05) is 0 Å². The van der Waals surface area contributed by atoms with E-state index in [1.165, 1.54) is 6.08 Å². The Balaban J connectivity index is 2.73. The summed E-state index contributed by atoms with van der Waals surface area (Å²) in [6.45, 7) is 0. The van der Waals surface area contributed by atoms with Gasteiger partial charge >= 0.3 is 5.91 Å². The summed E-state index contributed by atoms with van der Waals surface area (Å²) in [6.07, 6.45) is 4.68. The molecule has 0 aromatic heterocycles. The van der Waals surface area contributed by atoms with Gasteiger partial charge in [-0.1, -0.05) is 17.7 Å². The molecule has 0 aromatic carbocycles. The average Bonchev–Trinajstić information content (AvgIpc) is 2.03. The summed E-state index contributed by atoms with van der Waals surface area (Å²) in [6, 6.07) is 0. The van der Waals surface area contributed by atoms with E-state index in [1.54, 1.807) is 12.2 Å². The number of hydrogen-bond donors (Lipinski definition) is 1. The first-order chi connectivity index (χ1) is 5.24. The summed E-state index contributed by atoms with van der Waals surface area (Å²) in [7, 11) is 0. The molecule has 0 fully saturated rings. The highest BCUT2D eigenvalue weighted by Crippen LogP contribution is 2.06. The molecule has 0 spiro atoms. The van der Waals surface area contributed by atoms with Crippen molar-refractivity contribution in [1.82, 2.24) is 5.32 Å². The van der Waals surface area contributed by atoms with E-state index in [-0.39, 0.29) is 5.70 Å². The standard InChI is InChI=1S/C6H5ClN2O2/c7-5-3-1-2-4(8-5)6(10)9-11/h1-3,5,8H. The number of hydrogen-bond acceptors (Lipinski definition) is 3. The third kappa shape index (κ3) is 1.88. The number of rotatable bonds is 1. The van der Waals surface area contributed by atoms with E-state index < -0.39 is 11.4 Å². The Morgan fingerprint density at radius 1 is 1.73 bits per heavy atom. The van der Waals surface area contributed by atoms with Crippen LogP contribution in [0.4, 0.5) is 0 Å². The maximum atomic E-state index is 10.6. The second-order valence-electron chi connectivity index (χ2n) is 1.91. The number of amides is 1. The first kappa shape index (κ1) is 7.94. The summed E-state index contributed by atoms with van der Waals surface area (Å²) in [5.41, 5.74) is -0.316. The van der Waals surface area contributed by atoms with Crippen LogP contribution in [0.25, 0.3) is 0 Å². The van der Waals surface area contributed by atoms with Crippen molar-refractivity contribution in [3.8, 4) is 0 Å². The van der Waals surface area contributed by atoms with Gasteiger partial charge in [0.1, 0.15) is 11.2 Å². The molecule has 58 valence electrons. The van der Waals surface area contributed by atoms with E-state index in [4.69, 9.17) is 11.6 Å². The summed E-state index contributed by atoms with van der Waals surface area (Å²) < 4.78 is 0. The normalized spacial score (nSPS) is 21.9. The molecule has 1 N–H and O–H groups in total. The van der Waals surface area contributed by atoms with E-state index in [9.17, 15) is 9.70 Å². The van der Waals surface area contributed by atoms with Gasteiger partial charge in [-0.3, -0.25) is 4.79 Å². The van der Waals surface area contributed by atoms with Gasteiger partial charge in [0.25, 0.3) is 0 Å². The lowest BCUT2D eigenvalue weighted by Crippen LogP contribution is -2.27. The third-order valence-corrected chi connectivity index (χ3v) is 1.40. The zero-order valence-corrected chi connectivity index (χ0v) is 6.21. The molecule has 1 aliphatic rings. The van der Waals surface area contributed by atoms with Gasteiger partial charge in [0.15, 0.2) is 0 Å². The number of nitrogens with one attached hydrogen (secondary N) is 1. The van der Waals surface area contributed by atoms with Crippen molar-refractivity contribution in [3.63, 3.8) is 0 Å². The Hall–Kier alpha value is -1.16. The second-order valence-corrected chi connectivity index (χ2v) is 2.38. The zero-order chi connectivity index (χ0) is 8.27. The number of dihydropyridines is 1. The summed E-state index contributed by atoms with van der Waals surface area (Å²) in [5, 5.41) is 4.80. The molecule has 0 aliphatic carbocycles. The lowest BCUT2D eigenvalue weighted by atomic mass is 10.3. The van der Waals surface area contributed by atoms with E-state index in [1.807, 2.05) is 0 Å². The van der Waals surface area contributed by atoms with Gasteiger partial charge in [-0.05, 0) is 12.2 Å². The fourth-order valence-electron chi connectivity index (χ4n) is 0.676. The molecule has 11 heavy (non-hydrogen) atoms. The van der Waals surface area contributed by atoms with Crippen molar-refractivity contribution >= 4 is 17.5 Å². The highest BCUT2D eigenvalue weighted by molar-refractivity contribution is 6.22. The number of halogens is 1. The predicted octanol–water partition coefficient (Wildman–Crippen LogP) is 0.888. The summed E-state index contributed by atoms with van der Waals surface area (Å²) >= 11 is 5.58. The van der Waals surface area contributed by atoms with Crippen LogP contribution in [0, 0.1) is 4.91 Å². The quantitative estimate of drug-likeness (QED) is 0.363. The maximum absolute atomic E-state index is 10.6. The molecule has 1 amide bonds. The van der Waals surface area contributed by atoms with Crippen LogP contribution in [0.3, 0.4) is 0 Å². The molecule has 1 aliphatic heterocycles. The fourth-order valence-corrected chi connectivity index (χ4v) is 0.878. The fraction of sp³-hybridized carbons (Fsp3) is 0.167. The van der Waals surface area contributed by atoms with Crippen LogP contribution in [0.1, 0.15) is 0 Å². The third-order valence-electron chi connectivity index (χ3n) is 1.15. The van der Waals surface area contributed by atoms with E-state index in [0.29, 0.717) is 0 Å². The molecule has 0 saturated heterocycles. The van der Waals surface area contributed by atoms with Crippen LogP contribution in [0.2, 0.25) is 0 Å². The number of allylic oxidation sites excluding steroid dienone is 2. The number of carbonyl (C=O) groups excluding carboxylic acids is 1. The van der Waals surface area contributed by atoms with Crippen LogP contribution in [-0.4, -0.2) is 11.4 Å². The summed E-state index contributed by atoms with van der Waals surface area (Å²) in [5.74, 6) is -0.833. The van der Waals surface area contributed by atoms with Gasteiger partial charge in [0, 0.05) is 5.18 Å². The van der Waals surface area contributed by atoms with Crippen molar-refractivity contribution < 1.29 is 4.79 Å². The predicted molar refractivity (Wildman–Crippen MR) is 40.8 cm³/mol. The van der Waals surface area contributed by atoms with Gasteiger partial charge < -0.3 is 5.32 Å². The second kappa shape index (κ2) is 3.30. The molecule has 0 bridgehead atoms. The zero-order valence-electron chi connectivity index (χ0n) is 5.45. The Kier molecular flexibility index (Phi) is 2.38. The minimum Gasteiger partial charge on any atom is -0.361 e. The molecule has 0 radical (unpaired) electrons. The minimum atomic E-state index is -0.833. The van der Waals surface area contributed by atoms with Gasteiger partial charge in [-0.25, -0.2) is 0 Å². The SMILES string of the molecule is O=NC(=O)C1=CC=CC(Cl)N1. The molecular weight excluding hydrogens is 168 g/mol. The van der Waals surface area contributed by atoms with E-state index >= 15 is 0 Å². The van der Waals surface area contributed by atoms with Crippen molar-refractivity contribution in [3.05, 3.63) is 28.8 Å². The molecule has 1 atom stereocenters. The van der Waals surface area contributed by atoms with E-state index in [0.717, 1.165) is 0 Å². The number of nitrogens with zero attached hydrogens (tertiary/aromatic N) is 1. The monoisotopic (exact) mass is 172 g/mol. The Bertz CT molecular complexity index is 247. The number of alkyl halides is 1. The summed E-state index contributed by atoms with van der Waals surface area (Å²) in [4.78, 5) is 20.4. The number of carbonyl (C=O) groups is 1. The van der Waals surface area contributed by atoms with Crippen molar-refractivity contribution in [2.45, 2.75) is 5.50 Å². The Labute approximate surface area is 67.9 Å². The first-order valence-electron chi connectivity index (χ1n) is 2.91. The highest BCUT2D eigenvalue weighted by Gasteiger charge is 2.13. The van der Waals surface area contributed by atoms with E-state index in [2.05, 4.69) is 10.5 Å². The van der Waals surface area contributed by atoms with Crippen LogP contribution in [-0.2, 0) is 4.79 Å². The van der Waals surface area contributed by atoms with Crippen molar-refractivity contribution in [2.24, 2.45) is 5.18 Å². The lowest BCUT2D eigenvalue weighted by Gasteiger charge is -2.11. The minimum absolute atomic E-state index is 0.127. The molecule has 5 heteroatoms. The van der Waals surface area contributed by atoms with Crippen LogP contribution >= 0.6 is 11.6 Å². The lowest BCUT2D eigenvalue weighted by molar-refractivity contribution is -0.114. The topological polar surface area (TPSA) is 58.5 Å². The Morgan fingerprint density at radius 2 is 2.45 bits per heavy atom. The molecule has 0 saturated carbocycles. The van der Waals surface area contributed by atoms with Crippen LogP contribution in [0.15, 0.2) is 29.1 Å².